The van der Waals surface area contributed by atoms with Crippen LogP contribution in [0.2, 0.25) is 5.02 Å². The van der Waals surface area contributed by atoms with Crippen LogP contribution in [0.1, 0.15) is 11.3 Å². The Labute approximate surface area is 231 Å². The van der Waals surface area contributed by atoms with Crippen LogP contribution in [0.5, 0.6) is 0 Å². The normalized spacial score (nSPS) is 12.1. The molecule has 0 amide bonds. The second-order valence-corrected chi connectivity index (χ2v) is 10.7. The highest BCUT2D eigenvalue weighted by atomic mass is 35.5. The summed E-state index contributed by atoms with van der Waals surface area (Å²) in [6.07, 6.45) is 3.33. The van der Waals surface area contributed by atoms with Crippen LogP contribution in [0.4, 0.5) is 5.69 Å². The van der Waals surface area contributed by atoms with E-state index in [9.17, 15) is 9.00 Å². The number of hydrogen-bond donors (Lipinski definition) is 2. The number of pyridine rings is 4. The molecule has 2 N–H and O–H groups in total. The molecule has 9 heteroatoms. The molecule has 0 saturated heterocycles. The van der Waals surface area contributed by atoms with Crippen LogP contribution in [0.3, 0.4) is 0 Å². The van der Waals surface area contributed by atoms with Crippen molar-refractivity contribution in [2.75, 3.05) is 4.72 Å². The SMILES string of the molecule is Cc1ccc(NS(=O)Cc2cc3cc(-c4cc(Cl)c5ncccc5c4)c(-c4ccccc4)nc3[nH]c2=O)cn1. The predicted octanol–water partition coefficient (Wildman–Crippen LogP) is 6.44. The Morgan fingerprint density at radius 1 is 0.923 bits per heavy atom. The zero-order chi connectivity index (χ0) is 26.9. The molecule has 4 heterocycles. The third kappa shape index (κ3) is 5.16. The first-order chi connectivity index (χ1) is 18.9. The van der Waals surface area contributed by atoms with Gasteiger partial charge in [-0.15, -0.1) is 0 Å². The van der Waals surface area contributed by atoms with E-state index in [4.69, 9.17) is 16.6 Å². The van der Waals surface area contributed by atoms with Crippen LogP contribution in [0.15, 0.2) is 96.1 Å². The van der Waals surface area contributed by atoms with Gasteiger partial charge >= 0.3 is 0 Å². The fraction of sp³-hybridized carbons (Fsp3) is 0.0667. The van der Waals surface area contributed by atoms with Gasteiger partial charge in [0.15, 0.2) is 0 Å². The minimum Gasteiger partial charge on any atom is -0.306 e. The van der Waals surface area contributed by atoms with Crippen LogP contribution in [0.25, 0.3) is 44.3 Å². The van der Waals surface area contributed by atoms with Gasteiger partial charge in [-0.25, -0.2) is 9.19 Å². The maximum Gasteiger partial charge on any atom is 0.253 e. The largest absolute Gasteiger partial charge is 0.306 e. The molecule has 7 nitrogen and oxygen atoms in total. The van der Waals surface area contributed by atoms with Crippen molar-refractivity contribution in [3.05, 3.63) is 118 Å². The quantitative estimate of drug-likeness (QED) is 0.248. The Hall–Kier alpha value is -4.40. The first kappa shape index (κ1) is 24.9. The molecule has 39 heavy (non-hydrogen) atoms. The molecule has 1 unspecified atom stereocenters. The highest BCUT2D eigenvalue weighted by molar-refractivity contribution is 7.85. The summed E-state index contributed by atoms with van der Waals surface area (Å²) in [6, 6.07) is 24.9. The minimum atomic E-state index is -1.53. The fourth-order valence-electron chi connectivity index (χ4n) is 4.46. The zero-order valence-electron chi connectivity index (χ0n) is 20.8. The first-order valence-electron chi connectivity index (χ1n) is 12.2. The molecule has 2 aromatic carbocycles. The number of fused-ring (bicyclic) bond motifs is 2. The van der Waals surface area contributed by atoms with Crippen molar-refractivity contribution >= 4 is 50.2 Å². The molecular formula is C30H22ClN5O2S. The molecule has 4 aromatic heterocycles. The van der Waals surface area contributed by atoms with Crippen molar-refractivity contribution in [3.63, 3.8) is 0 Å². The third-order valence-corrected chi connectivity index (χ3v) is 7.68. The zero-order valence-corrected chi connectivity index (χ0v) is 22.4. The molecule has 6 rings (SSSR count). The van der Waals surface area contributed by atoms with E-state index in [0.717, 1.165) is 38.7 Å². The number of nitrogens with zero attached hydrogens (tertiary/aromatic N) is 3. The Morgan fingerprint density at radius 2 is 1.77 bits per heavy atom. The van der Waals surface area contributed by atoms with Gasteiger partial charge in [0.2, 0.25) is 0 Å². The number of rotatable bonds is 6. The van der Waals surface area contributed by atoms with Crippen LogP contribution in [-0.2, 0) is 16.7 Å². The van der Waals surface area contributed by atoms with E-state index >= 15 is 0 Å². The molecule has 0 bridgehead atoms. The number of nitrogens with one attached hydrogen (secondary N) is 2. The summed E-state index contributed by atoms with van der Waals surface area (Å²) in [5.41, 5.74) is 6.04. The summed E-state index contributed by atoms with van der Waals surface area (Å²) in [5, 5.41) is 2.17. The summed E-state index contributed by atoms with van der Waals surface area (Å²) in [4.78, 5) is 29.3. The molecule has 0 aliphatic carbocycles. The average molecular weight is 552 g/mol. The van der Waals surface area contributed by atoms with E-state index in [-0.39, 0.29) is 11.3 Å². The van der Waals surface area contributed by atoms with Gasteiger partial charge < -0.3 is 9.71 Å². The van der Waals surface area contributed by atoms with Crippen molar-refractivity contribution in [1.82, 2.24) is 19.9 Å². The van der Waals surface area contributed by atoms with E-state index < -0.39 is 11.0 Å². The van der Waals surface area contributed by atoms with Gasteiger partial charge in [0, 0.05) is 39.4 Å². The van der Waals surface area contributed by atoms with Crippen molar-refractivity contribution in [1.29, 1.82) is 0 Å². The van der Waals surface area contributed by atoms with Crippen molar-refractivity contribution in [3.8, 4) is 22.4 Å². The average Bonchev–Trinajstić information content (AvgIpc) is 2.94. The van der Waals surface area contributed by atoms with Crippen LogP contribution < -0.4 is 10.3 Å². The smallest absolute Gasteiger partial charge is 0.253 e. The maximum atomic E-state index is 13.0. The van der Waals surface area contributed by atoms with Crippen molar-refractivity contribution < 1.29 is 4.21 Å². The predicted molar refractivity (Wildman–Crippen MR) is 158 cm³/mol. The lowest BCUT2D eigenvalue weighted by atomic mass is 9.96. The van der Waals surface area contributed by atoms with Gasteiger partial charge in [0.25, 0.3) is 5.56 Å². The molecule has 0 aliphatic rings. The number of aromatic amines is 1. The number of hydrogen-bond acceptors (Lipinski definition) is 5. The Kier molecular flexibility index (Phi) is 6.64. The fourth-order valence-corrected chi connectivity index (χ4v) is 5.69. The summed E-state index contributed by atoms with van der Waals surface area (Å²) in [7, 11) is -1.53. The molecule has 0 spiro atoms. The van der Waals surface area contributed by atoms with E-state index in [1.807, 2.05) is 73.7 Å². The first-order valence-corrected chi connectivity index (χ1v) is 13.9. The lowest BCUT2D eigenvalue weighted by Crippen LogP contribution is -2.17. The number of halogens is 1. The molecular weight excluding hydrogens is 530 g/mol. The van der Waals surface area contributed by atoms with Gasteiger partial charge in [-0.3, -0.25) is 14.8 Å². The number of aromatic nitrogens is 4. The second kappa shape index (κ2) is 10.4. The van der Waals surface area contributed by atoms with Gasteiger partial charge in [-0.2, -0.15) is 0 Å². The topological polar surface area (TPSA) is 101 Å². The van der Waals surface area contributed by atoms with Crippen LogP contribution >= 0.6 is 11.6 Å². The molecule has 1 atom stereocenters. The number of aryl methyl sites for hydroxylation is 1. The maximum absolute atomic E-state index is 13.0. The van der Waals surface area contributed by atoms with E-state index in [1.54, 1.807) is 24.5 Å². The number of H-pyrrole nitrogens is 1. The Morgan fingerprint density at radius 3 is 2.56 bits per heavy atom. The number of benzene rings is 2. The monoisotopic (exact) mass is 551 g/mol. The Bertz CT molecular complexity index is 1930. The molecule has 192 valence electrons. The lowest BCUT2D eigenvalue weighted by molar-refractivity contribution is 0.685. The lowest BCUT2D eigenvalue weighted by Gasteiger charge is -2.13. The van der Waals surface area contributed by atoms with Crippen LogP contribution in [0, 0.1) is 6.92 Å². The van der Waals surface area contributed by atoms with Crippen molar-refractivity contribution in [2.24, 2.45) is 0 Å². The van der Waals surface area contributed by atoms with E-state index in [1.165, 1.54) is 0 Å². The Balaban J connectivity index is 1.46. The summed E-state index contributed by atoms with van der Waals surface area (Å²) >= 11 is 6.63. The van der Waals surface area contributed by atoms with Gasteiger partial charge in [-0.1, -0.05) is 48.0 Å². The summed E-state index contributed by atoms with van der Waals surface area (Å²) in [5.74, 6) is 0.0163. The molecule has 0 radical (unpaired) electrons. The highest BCUT2D eigenvalue weighted by Crippen LogP contribution is 2.36. The second-order valence-electron chi connectivity index (χ2n) is 9.13. The van der Waals surface area contributed by atoms with Gasteiger partial charge in [0.1, 0.15) is 16.6 Å². The molecule has 0 fully saturated rings. The summed E-state index contributed by atoms with van der Waals surface area (Å²) < 4.78 is 15.7. The minimum absolute atomic E-state index is 0.0163. The molecule has 0 aliphatic heterocycles. The van der Waals surface area contributed by atoms with Crippen molar-refractivity contribution in [2.45, 2.75) is 12.7 Å². The number of anilines is 1. The van der Waals surface area contributed by atoms with Crippen LogP contribution in [-0.4, -0.2) is 24.1 Å². The van der Waals surface area contributed by atoms with Gasteiger partial charge in [-0.05, 0) is 55.0 Å². The van der Waals surface area contributed by atoms with Gasteiger partial charge in [0.05, 0.1) is 33.9 Å². The molecule has 6 aromatic rings. The standard InChI is InChI=1S/C30H22ClN5O2S/c1-18-9-10-24(16-33-18)36-39(38)17-23-13-22-14-25(21-12-20-8-5-11-32-28(20)26(31)15-21)27(19-6-3-2-4-7-19)34-29(22)35-30(23)37/h2-16,36H,17H2,1H3,(H,34,35,37). The highest BCUT2D eigenvalue weighted by Gasteiger charge is 2.16. The van der Waals surface area contributed by atoms with E-state index in [2.05, 4.69) is 19.7 Å². The third-order valence-electron chi connectivity index (χ3n) is 6.35. The molecule has 0 saturated carbocycles. The summed E-state index contributed by atoms with van der Waals surface area (Å²) in [6.45, 7) is 1.88. The van der Waals surface area contributed by atoms with E-state index in [0.29, 0.717) is 27.6 Å².